The van der Waals surface area contributed by atoms with Crippen LogP contribution in [0.5, 0.6) is 0 Å². The average molecular weight is 435 g/mol. The third-order valence-corrected chi connectivity index (χ3v) is 7.25. The van der Waals surface area contributed by atoms with E-state index >= 15 is 0 Å². The van der Waals surface area contributed by atoms with Crippen molar-refractivity contribution in [3.05, 3.63) is 54.4 Å². The summed E-state index contributed by atoms with van der Waals surface area (Å²) < 4.78 is 35.3. The van der Waals surface area contributed by atoms with Gasteiger partial charge >= 0.3 is 6.09 Å². The highest BCUT2D eigenvalue weighted by Gasteiger charge is 2.46. The highest BCUT2D eigenvalue weighted by atomic mass is 32.2. The van der Waals surface area contributed by atoms with Crippen LogP contribution in [0, 0.1) is 5.92 Å². The predicted octanol–water partition coefficient (Wildman–Crippen LogP) is 2.63. The number of benzene rings is 1. The van der Waals surface area contributed by atoms with Crippen LogP contribution in [0.4, 0.5) is 4.79 Å². The zero-order chi connectivity index (χ0) is 21.8. The van der Waals surface area contributed by atoms with Crippen LogP contribution in [0.3, 0.4) is 0 Å². The van der Waals surface area contributed by atoms with Gasteiger partial charge in [0, 0.05) is 30.5 Å². The minimum absolute atomic E-state index is 0.0358. The Kier molecular flexibility index (Phi) is 6.82. The number of nitrogens with one attached hydrogen (secondary N) is 1. The molecule has 1 saturated heterocycles. The predicted molar refractivity (Wildman–Crippen MR) is 114 cm³/mol. The summed E-state index contributed by atoms with van der Waals surface area (Å²) in [4.78, 5) is 14.3. The minimum atomic E-state index is -3.51. The summed E-state index contributed by atoms with van der Waals surface area (Å²) >= 11 is 0. The molecular formula is C21H30N4O4S. The summed E-state index contributed by atoms with van der Waals surface area (Å²) in [5, 5.41) is 4.11. The number of carbonyl (C=O) groups excluding carboxylic acids is 1. The van der Waals surface area contributed by atoms with Gasteiger partial charge in [-0.3, -0.25) is 4.68 Å². The van der Waals surface area contributed by atoms with E-state index in [-0.39, 0.29) is 24.3 Å². The Morgan fingerprint density at radius 3 is 2.70 bits per heavy atom. The third-order valence-electron chi connectivity index (χ3n) is 5.64. The van der Waals surface area contributed by atoms with E-state index in [1.54, 1.807) is 28.0 Å². The van der Waals surface area contributed by atoms with Crippen molar-refractivity contribution in [2.24, 2.45) is 5.92 Å². The molecule has 1 aliphatic heterocycles. The lowest BCUT2D eigenvalue weighted by Gasteiger charge is -2.35. The Balaban J connectivity index is 1.55. The van der Waals surface area contributed by atoms with Gasteiger partial charge in [-0.2, -0.15) is 5.10 Å². The normalized spacial score (nSPS) is 19.6. The molecule has 9 heteroatoms. The fraction of sp³-hybridized carbons (Fsp3) is 0.524. The highest BCUT2D eigenvalue weighted by Crippen LogP contribution is 2.36. The van der Waals surface area contributed by atoms with Crippen LogP contribution in [0.2, 0.25) is 0 Å². The molecule has 3 rings (SSSR count). The van der Waals surface area contributed by atoms with Crippen LogP contribution in [-0.2, 0) is 27.9 Å². The van der Waals surface area contributed by atoms with E-state index in [0.29, 0.717) is 19.5 Å². The summed E-state index contributed by atoms with van der Waals surface area (Å²) in [6.45, 7) is 6.74. The molecule has 1 fully saturated rings. The Hall–Kier alpha value is -2.39. The molecule has 30 heavy (non-hydrogen) atoms. The van der Waals surface area contributed by atoms with E-state index in [4.69, 9.17) is 4.74 Å². The van der Waals surface area contributed by atoms with Crippen molar-refractivity contribution < 1.29 is 17.9 Å². The molecule has 1 amide bonds. The topological polar surface area (TPSA) is 93.5 Å². The summed E-state index contributed by atoms with van der Waals surface area (Å²) in [7, 11) is -3.51. The molecule has 0 aliphatic carbocycles. The molecule has 1 N–H and O–H groups in total. The van der Waals surface area contributed by atoms with Gasteiger partial charge in [-0.15, -0.1) is 0 Å². The molecule has 2 atom stereocenters. The van der Waals surface area contributed by atoms with Gasteiger partial charge in [0.15, 0.2) is 0 Å². The first-order chi connectivity index (χ1) is 14.2. The zero-order valence-corrected chi connectivity index (χ0v) is 18.5. The number of hydrogen-bond donors (Lipinski definition) is 1. The van der Waals surface area contributed by atoms with E-state index in [0.717, 1.165) is 5.56 Å². The van der Waals surface area contributed by atoms with Crippen molar-refractivity contribution in [2.75, 3.05) is 12.3 Å². The van der Waals surface area contributed by atoms with Gasteiger partial charge in [-0.05, 0) is 44.7 Å². The monoisotopic (exact) mass is 434 g/mol. The number of amides is 1. The maximum absolute atomic E-state index is 12.7. The standard InChI is InChI=1S/C21H30N4O4S/c1-17(14-24-12-7-11-22-24)23-30(27,28)16-19-10-13-25(21(19,2)3)20(26)29-15-18-8-5-4-6-9-18/h4-9,11-12,17,19,23H,10,13-16H2,1-3H3. The van der Waals surface area contributed by atoms with E-state index in [9.17, 15) is 13.2 Å². The van der Waals surface area contributed by atoms with E-state index in [1.165, 1.54) is 0 Å². The second-order valence-electron chi connectivity index (χ2n) is 8.36. The lowest BCUT2D eigenvalue weighted by atomic mass is 9.90. The molecule has 1 aromatic carbocycles. The molecule has 164 valence electrons. The van der Waals surface area contributed by atoms with Crippen LogP contribution in [0.25, 0.3) is 0 Å². The van der Waals surface area contributed by atoms with Crippen molar-refractivity contribution in [3.8, 4) is 0 Å². The van der Waals surface area contributed by atoms with Gasteiger partial charge in [0.1, 0.15) is 6.61 Å². The SMILES string of the molecule is CC(Cn1cccn1)NS(=O)(=O)CC1CCN(C(=O)OCc2ccccc2)C1(C)C. The quantitative estimate of drug-likeness (QED) is 0.689. The largest absolute Gasteiger partial charge is 0.445 e. The summed E-state index contributed by atoms with van der Waals surface area (Å²) in [6.07, 6.45) is 3.66. The molecule has 2 heterocycles. The summed E-state index contributed by atoms with van der Waals surface area (Å²) in [6, 6.07) is 11.0. The minimum Gasteiger partial charge on any atom is -0.445 e. The molecule has 1 aliphatic rings. The first-order valence-corrected chi connectivity index (χ1v) is 11.8. The zero-order valence-electron chi connectivity index (χ0n) is 17.7. The van der Waals surface area contributed by atoms with E-state index in [2.05, 4.69) is 9.82 Å². The maximum atomic E-state index is 12.7. The number of nitrogens with zero attached hydrogens (tertiary/aromatic N) is 3. The summed E-state index contributed by atoms with van der Waals surface area (Å²) in [5.41, 5.74) is 0.297. The van der Waals surface area contributed by atoms with Crippen LogP contribution in [0.1, 0.15) is 32.8 Å². The fourth-order valence-corrected chi connectivity index (χ4v) is 5.79. The number of carbonyl (C=O) groups is 1. The second kappa shape index (κ2) is 9.18. The molecule has 2 unspecified atom stereocenters. The van der Waals surface area contributed by atoms with Crippen LogP contribution < -0.4 is 4.72 Å². The maximum Gasteiger partial charge on any atom is 0.410 e. The number of sulfonamides is 1. The number of likely N-dealkylation sites (tertiary alicyclic amines) is 1. The number of ether oxygens (including phenoxy) is 1. The third kappa shape index (κ3) is 5.60. The Morgan fingerprint density at radius 2 is 2.03 bits per heavy atom. The Labute approximate surface area is 178 Å². The van der Waals surface area contributed by atoms with Gasteiger partial charge in [-0.1, -0.05) is 30.3 Å². The molecule has 8 nitrogen and oxygen atoms in total. The Morgan fingerprint density at radius 1 is 1.30 bits per heavy atom. The summed E-state index contributed by atoms with van der Waals surface area (Å²) in [5.74, 6) is -0.220. The van der Waals surface area contributed by atoms with Gasteiger partial charge in [0.2, 0.25) is 10.0 Å². The van der Waals surface area contributed by atoms with Crippen molar-refractivity contribution in [3.63, 3.8) is 0 Å². The van der Waals surface area contributed by atoms with E-state index in [1.807, 2.05) is 51.1 Å². The first-order valence-electron chi connectivity index (χ1n) is 10.1. The number of rotatable bonds is 8. The van der Waals surface area contributed by atoms with Crippen molar-refractivity contribution in [1.82, 2.24) is 19.4 Å². The molecule has 0 saturated carbocycles. The van der Waals surface area contributed by atoms with Crippen molar-refractivity contribution >= 4 is 16.1 Å². The molecule has 0 radical (unpaired) electrons. The molecule has 0 bridgehead atoms. The molecule has 1 aromatic heterocycles. The van der Waals surface area contributed by atoms with Crippen molar-refractivity contribution in [1.29, 1.82) is 0 Å². The smallest absolute Gasteiger partial charge is 0.410 e. The van der Waals surface area contributed by atoms with Crippen LogP contribution >= 0.6 is 0 Å². The lowest BCUT2D eigenvalue weighted by molar-refractivity contribution is 0.0680. The molecule has 2 aromatic rings. The van der Waals surface area contributed by atoms with E-state index < -0.39 is 21.7 Å². The van der Waals surface area contributed by atoms with Crippen LogP contribution in [-0.4, -0.2) is 53.1 Å². The number of aromatic nitrogens is 2. The van der Waals surface area contributed by atoms with Gasteiger partial charge in [0.05, 0.1) is 12.3 Å². The van der Waals surface area contributed by atoms with Gasteiger partial charge < -0.3 is 9.64 Å². The average Bonchev–Trinajstić information content (AvgIpc) is 3.27. The second-order valence-corrected chi connectivity index (χ2v) is 10.2. The lowest BCUT2D eigenvalue weighted by Crippen LogP contribution is -2.49. The van der Waals surface area contributed by atoms with Gasteiger partial charge in [0.25, 0.3) is 0 Å². The first kappa shape index (κ1) is 22.3. The Bertz CT molecular complexity index is 929. The fourth-order valence-electron chi connectivity index (χ4n) is 3.90. The highest BCUT2D eigenvalue weighted by molar-refractivity contribution is 7.89. The number of hydrogen-bond acceptors (Lipinski definition) is 5. The van der Waals surface area contributed by atoms with Gasteiger partial charge in [-0.25, -0.2) is 17.9 Å². The molecular weight excluding hydrogens is 404 g/mol. The molecule has 0 spiro atoms. The van der Waals surface area contributed by atoms with Crippen LogP contribution in [0.15, 0.2) is 48.8 Å². The van der Waals surface area contributed by atoms with Crippen molar-refractivity contribution in [2.45, 2.75) is 51.9 Å².